The highest BCUT2D eigenvalue weighted by Crippen LogP contribution is 2.28. The Kier molecular flexibility index (Phi) is 6.22. The number of rotatable bonds is 6. The Morgan fingerprint density at radius 3 is 2.68 bits per heavy atom. The molecular weight excluding hydrogens is 374 g/mol. The minimum atomic E-state index is -0.268. The maximum Gasteiger partial charge on any atom is 0.250 e. The summed E-state index contributed by atoms with van der Waals surface area (Å²) < 4.78 is 0.814. The fraction of sp³-hybridized carbons (Fsp3) is 0.0556. The first-order valence-electron chi connectivity index (χ1n) is 7.44. The largest absolute Gasteiger partial charge is 0.297 e. The molecule has 3 aromatic rings. The highest BCUT2D eigenvalue weighted by atomic mass is 35.5. The predicted molar refractivity (Wildman–Crippen MR) is 105 cm³/mol. The number of aromatic nitrogens is 2. The van der Waals surface area contributed by atoms with E-state index >= 15 is 0 Å². The summed E-state index contributed by atoms with van der Waals surface area (Å²) in [6.07, 6.45) is 3.10. The monoisotopic (exact) mass is 387 g/mol. The average Bonchev–Trinajstić information content (AvgIpc) is 3.07. The van der Waals surface area contributed by atoms with Gasteiger partial charge in [0.1, 0.15) is 0 Å². The van der Waals surface area contributed by atoms with Crippen LogP contribution in [0.3, 0.4) is 0 Å². The van der Waals surface area contributed by atoms with Crippen molar-refractivity contribution in [3.05, 3.63) is 76.8 Å². The van der Waals surface area contributed by atoms with Crippen LogP contribution in [0.1, 0.15) is 11.1 Å². The normalized spacial score (nSPS) is 10.9. The molecule has 1 N–H and O–H groups in total. The maximum absolute atomic E-state index is 12.0. The molecule has 0 unspecified atom stereocenters. The van der Waals surface area contributed by atoms with Gasteiger partial charge < -0.3 is 0 Å². The molecule has 0 bridgehead atoms. The molecule has 1 amide bonds. The molecule has 0 aliphatic carbocycles. The number of amides is 1. The van der Waals surface area contributed by atoms with Crippen molar-refractivity contribution in [1.29, 1.82) is 0 Å². The molecule has 0 aliphatic rings. The van der Waals surface area contributed by atoms with Crippen LogP contribution in [0, 0.1) is 0 Å². The molecule has 1 aromatic heterocycles. The molecule has 0 atom stereocenters. The van der Waals surface area contributed by atoms with E-state index in [0.717, 1.165) is 15.7 Å². The Labute approximate surface area is 159 Å². The lowest BCUT2D eigenvalue weighted by Crippen LogP contribution is -2.07. The first kappa shape index (κ1) is 17.7. The van der Waals surface area contributed by atoms with Crippen LogP contribution in [0.2, 0.25) is 5.02 Å². The molecule has 3 rings (SSSR count). The number of carbonyl (C=O) groups is 1. The number of anilines is 1. The van der Waals surface area contributed by atoms with Crippen LogP contribution in [0.25, 0.3) is 6.08 Å². The van der Waals surface area contributed by atoms with E-state index in [1.54, 1.807) is 23.9 Å². The van der Waals surface area contributed by atoms with E-state index in [-0.39, 0.29) is 5.91 Å². The van der Waals surface area contributed by atoms with Gasteiger partial charge in [0, 0.05) is 16.9 Å². The quantitative estimate of drug-likeness (QED) is 0.361. The van der Waals surface area contributed by atoms with Gasteiger partial charge in [-0.15, -0.1) is 10.2 Å². The summed E-state index contributed by atoms with van der Waals surface area (Å²) in [5, 5.41) is 11.9. The maximum atomic E-state index is 12.0. The highest BCUT2D eigenvalue weighted by molar-refractivity contribution is 8.00. The Balaban J connectivity index is 1.54. The summed E-state index contributed by atoms with van der Waals surface area (Å²) in [7, 11) is 0. The van der Waals surface area contributed by atoms with Crippen LogP contribution in [0.4, 0.5) is 5.13 Å². The van der Waals surface area contributed by atoms with Crippen molar-refractivity contribution in [3.63, 3.8) is 0 Å². The van der Waals surface area contributed by atoms with Crippen molar-refractivity contribution < 1.29 is 4.79 Å². The van der Waals surface area contributed by atoms with Crippen LogP contribution in [-0.4, -0.2) is 16.1 Å². The average molecular weight is 388 g/mol. The van der Waals surface area contributed by atoms with Crippen LogP contribution in [-0.2, 0) is 10.5 Å². The van der Waals surface area contributed by atoms with E-state index < -0.39 is 0 Å². The second-order valence-corrected chi connectivity index (χ2v) is 7.60. The van der Waals surface area contributed by atoms with Crippen LogP contribution in [0.15, 0.2) is 65.0 Å². The standard InChI is InChI=1S/C18H14ClN3OS2/c19-15-9-5-4-8-14(15)10-11-16(23)20-17-21-22-18(25-17)24-12-13-6-2-1-3-7-13/h1-11H,12H2,(H,20,21,23). The summed E-state index contributed by atoms with van der Waals surface area (Å²) >= 11 is 9.00. The van der Waals surface area contributed by atoms with Gasteiger partial charge >= 0.3 is 0 Å². The fourth-order valence-electron chi connectivity index (χ4n) is 1.96. The van der Waals surface area contributed by atoms with Gasteiger partial charge in [-0.2, -0.15) is 0 Å². The SMILES string of the molecule is O=C(C=Cc1ccccc1Cl)Nc1nnc(SCc2ccccc2)s1. The highest BCUT2D eigenvalue weighted by Gasteiger charge is 2.07. The zero-order valence-corrected chi connectivity index (χ0v) is 15.4. The second-order valence-electron chi connectivity index (χ2n) is 4.99. The van der Waals surface area contributed by atoms with E-state index in [2.05, 4.69) is 27.6 Å². The molecule has 25 heavy (non-hydrogen) atoms. The second kappa shape index (κ2) is 8.80. The number of hydrogen-bond donors (Lipinski definition) is 1. The van der Waals surface area contributed by atoms with E-state index in [4.69, 9.17) is 11.6 Å². The van der Waals surface area contributed by atoms with Crippen molar-refractivity contribution in [2.24, 2.45) is 0 Å². The number of halogens is 1. The topological polar surface area (TPSA) is 54.9 Å². The van der Waals surface area contributed by atoms with E-state index in [1.807, 2.05) is 36.4 Å². The van der Waals surface area contributed by atoms with Crippen LogP contribution in [0.5, 0.6) is 0 Å². The van der Waals surface area contributed by atoms with Gasteiger partial charge in [-0.05, 0) is 23.3 Å². The lowest BCUT2D eigenvalue weighted by Gasteiger charge is -1.98. The summed E-state index contributed by atoms with van der Waals surface area (Å²) in [4.78, 5) is 12.0. The number of carbonyl (C=O) groups excluding carboxylic acids is 1. The zero-order chi connectivity index (χ0) is 17.5. The first-order valence-corrected chi connectivity index (χ1v) is 9.62. The molecule has 1 heterocycles. The first-order chi connectivity index (χ1) is 12.2. The fourth-order valence-corrected chi connectivity index (χ4v) is 3.87. The molecule has 126 valence electrons. The minimum absolute atomic E-state index is 0.268. The molecule has 7 heteroatoms. The number of benzene rings is 2. The zero-order valence-electron chi connectivity index (χ0n) is 13.1. The summed E-state index contributed by atoms with van der Waals surface area (Å²) in [6, 6.07) is 17.5. The van der Waals surface area contributed by atoms with Crippen LogP contribution >= 0.6 is 34.7 Å². The van der Waals surface area contributed by atoms with Crippen molar-refractivity contribution in [1.82, 2.24) is 10.2 Å². The van der Waals surface area contributed by atoms with Gasteiger partial charge in [-0.1, -0.05) is 83.2 Å². The molecule has 2 aromatic carbocycles. The van der Waals surface area contributed by atoms with Gasteiger partial charge in [-0.25, -0.2) is 0 Å². The summed E-state index contributed by atoms with van der Waals surface area (Å²) in [5.74, 6) is 0.547. The van der Waals surface area contributed by atoms with Gasteiger partial charge in [0.05, 0.1) is 0 Å². The molecule has 0 aliphatic heterocycles. The smallest absolute Gasteiger partial charge is 0.250 e. The van der Waals surface area contributed by atoms with Gasteiger partial charge in [0.25, 0.3) is 0 Å². The Morgan fingerprint density at radius 1 is 1.12 bits per heavy atom. The molecule has 0 radical (unpaired) electrons. The van der Waals surface area contributed by atoms with Gasteiger partial charge in [-0.3, -0.25) is 10.1 Å². The summed E-state index contributed by atoms with van der Waals surface area (Å²) in [5.41, 5.74) is 2.01. The predicted octanol–water partition coefficient (Wildman–Crippen LogP) is 5.14. The Bertz CT molecular complexity index is 881. The molecular formula is C18H14ClN3OS2. The van der Waals surface area contributed by atoms with Crippen molar-refractivity contribution >= 4 is 51.8 Å². The van der Waals surface area contributed by atoms with Crippen LogP contribution < -0.4 is 5.32 Å². The minimum Gasteiger partial charge on any atom is -0.297 e. The number of nitrogens with one attached hydrogen (secondary N) is 1. The van der Waals surface area contributed by atoms with E-state index in [0.29, 0.717) is 10.2 Å². The molecule has 4 nitrogen and oxygen atoms in total. The Hall–Kier alpha value is -2.15. The number of nitrogens with zero attached hydrogens (tertiary/aromatic N) is 2. The molecule has 0 saturated heterocycles. The van der Waals surface area contributed by atoms with Gasteiger partial charge in [0.15, 0.2) is 4.34 Å². The number of hydrogen-bond acceptors (Lipinski definition) is 5. The summed E-state index contributed by atoms with van der Waals surface area (Å²) in [6.45, 7) is 0. The van der Waals surface area contributed by atoms with Crippen molar-refractivity contribution in [2.45, 2.75) is 10.1 Å². The lowest BCUT2D eigenvalue weighted by molar-refractivity contribution is -0.111. The molecule has 0 saturated carbocycles. The van der Waals surface area contributed by atoms with E-state index in [9.17, 15) is 4.79 Å². The molecule has 0 fully saturated rings. The van der Waals surface area contributed by atoms with Crippen molar-refractivity contribution in [2.75, 3.05) is 5.32 Å². The third kappa shape index (κ3) is 5.42. The van der Waals surface area contributed by atoms with Gasteiger partial charge in [0.2, 0.25) is 11.0 Å². The van der Waals surface area contributed by atoms with E-state index in [1.165, 1.54) is 23.0 Å². The van der Waals surface area contributed by atoms with Crippen molar-refractivity contribution in [3.8, 4) is 0 Å². The third-order valence-corrected chi connectivity index (χ3v) is 5.55. The Morgan fingerprint density at radius 2 is 1.88 bits per heavy atom. The third-order valence-electron chi connectivity index (χ3n) is 3.16. The number of thioether (sulfide) groups is 1. The lowest BCUT2D eigenvalue weighted by atomic mass is 10.2. The molecule has 0 spiro atoms.